The van der Waals surface area contributed by atoms with E-state index >= 15 is 0 Å². The predicted octanol–water partition coefficient (Wildman–Crippen LogP) is 4.11. The number of hydrogen-bond acceptors (Lipinski definition) is 3. The van der Waals surface area contributed by atoms with Gasteiger partial charge in [0, 0.05) is 0 Å². The van der Waals surface area contributed by atoms with E-state index in [4.69, 9.17) is 14.6 Å². The van der Waals surface area contributed by atoms with Crippen molar-refractivity contribution in [2.24, 2.45) is 0 Å². The first kappa shape index (κ1) is 14.8. The summed E-state index contributed by atoms with van der Waals surface area (Å²) in [6.07, 6.45) is 0.913. The normalized spacial score (nSPS) is 10.2. The van der Waals surface area contributed by atoms with Gasteiger partial charge in [-0.3, -0.25) is 0 Å². The minimum Gasteiger partial charge on any atom is -0.494 e. The topological polar surface area (TPSA) is 55.8 Å². The fraction of sp³-hybridized carbons (Fsp3) is 0.188. The number of benzene rings is 2. The van der Waals surface area contributed by atoms with Crippen molar-refractivity contribution >= 4 is 5.97 Å². The van der Waals surface area contributed by atoms with Gasteiger partial charge in [-0.15, -0.1) is 0 Å². The summed E-state index contributed by atoms with van der Waals surface area (Å²) < 4.78 is 24.0. The van der Waals surface area contributed by atoms with Gasteiger partial charge in [0.2, 0.25) is 0 Å². The third kappa shape index (κ3) is 3.95. The van der Waals surface area contributed by atoms with Crippen molar-refractivity contribution in [3.8, 4) is 17.2 Å². The van der Waals surface area contributed by atoms with Crippen LogP contribution in [0, 0.1) is 5.82 Å². The monoisotopic (exact) mass is 290 g/mol. The fourth-order valence-electron chi connectivity index (χ4n) is 1.71. The average molecular weight is 290 g/mol. The molecule has 0 fully saturated rings. The van der Waals surface area contributed by atoms with Gasteiger partial charge >= 0.3 is 5.97 Å². The van der Waals surface area contributed by atoms with Crippen LogP contribution in [0.25, 0.3) is 0 Å². The number of hydrogen-bond donors (Lipinski definition) is 1. The molecule has 0 atom stereocenters. The number of aromatic carboxylic acids is 1. The summed E-state index contributed by atoms with van der Waals surface area (Å²) in [5.74, 6) is -0.615. The van der Waals surface area contributed by atoms with Crippen LogP contribution in [0.4, 0.5) is 4.39 Å². The first-order valence-corrected chi connectivity index (χ1v) is 6.53. The molecular formula is C16H15FO4. The largest absolute Gasteiger partial charge is 0.494 e. The smallest absolute Gasteiger partial charge is 0.339 e. The summed E-state index contributed by atoms with van der Waals surface area (Å²) in [7, 11) is 0. The molecular weight excluding hydrogens is 275 g/mol. The number of halogens is 1. The van der Waals surface area contributed by atoms with Crippen LogP contribution in [0.3, 0.4) is 0 Å². The molecule has 110 valence electrons. The van der Waals surface area contributed by atoms with Crippen molar-refractivity contribution in [2.45, 2.75) is 13.3 Å². The van der Waals surface area contributed by atoms with Crippen molar-refractivity contribution in [1.82, 2.24) is 0 Å². The van der Waals surface area contributed by atoms with Crippen molar-refractivity contribution in [1.29, 1.82) is 0 Å². The molecule has 0 aliphatic heterocycles. The van der Waals surface area contributed by atoms with E-state index in [-0.39, 0.29) is 11.3 Å². The molecule has 5 heteroatoms. The van der Waals surface area contributed by atoms with E-state index in [0.717, 1.165) is 18.6 Å². The van der Waals surface area contributed by atoms with Crippen molar-refractivity contribution in [3.63, 3.8) is 0 Å². The Labute approximate surface area is 121 Å². The van der Waals surface area contributed by atoms with Crippen LogP contribution >= 0.6 is 0 Å². The van der Waals surface area contributed by atoms with Gasteiger partial charge in [-0.1, -0.05) is 6.92 Å². The van der Waals surface area contributed by atoms with E-state index in [1.807, 2.05) is 6.92 Å². The average Bonchev–Trinajstić information content (AvgIpc) is 2.48. The predicted molar refractivity (Wildman–Crippen MR) is 75.7 cm³/mol. The summed E-state index contributed by atoms with van der Waals surface area (Å²) in [6, 6.07) is 10.2. The number of ether oxygens (including phenoxy) is 2. The summed E-state index contributed by atoms with van der Waals surface area (Å²) in [4.78, 5) is 11.1. The van der Waals surface area contributed by atoms with E-state index in [1.165, 1.54) is 6.07 Å². The maximum Gasteiger partial charge on any atom is 0.339 e. The van der Waals surface area contributed by atoms with E-state index < -0.39 is 11.8 Å². The Morgan fingerprint density at radius 1 is 1.14 bits per heavy atom. The third-order valence-electron chi connectivity index (χ3n) is 2.70. The second-order valence-corrected chi connectivity index (χ2v) is 4.37. The summed E-state index contributed by atoms with van der Waals surface area (Å²) in [5.41, 5.74) is -0.221. The molecule has 0 amide bonds. The van der Waals surface area contributed by atoms with Crippen LogP contribution < -0.4 is 9.47 Å². The number of carbonyl (C=O) groups is 1. The second kappa shape index (κ2) is 6.74. The Kier molecular flexibility index (Phi) is 4.77. The summed E-state index contributed by atoms with van der Waals surface area (Å²) in [6.45, 7) is 2.64. The Morgan fingerprint density at radius 3 is 2.43 bits per heavy atom. The maximum absolute atomic E-state index is 13.1. The van der Waals surface area contributed by atoms with Gasteiger partial charge in [0.1, 0.15) is 28.6 Å². The van der Waals surface area contributed by atoms with E-state index in [1.54, 1.807) is 24.3 Å². The molecule has 0 saturated heterocycles. The molecule has 0 aliphatic rings. The Balaban J connectivity index is 2.16. The van der Waals surface area contributed by atoms with Gasteiger partial charge < -0.3 is 14.6 Å². The van der Waals surface area contributed by atoms with E-state index in [0.29, 0.717) is 18.1 Å². The first-order chi connectivity index (χ1) is 10.1. The fourth-order valence-corrected chi connectivity index (χ4v) is 1.71. The Bertz CT molecular complexity index is 623. The molecule has 0 aliphatic carbocycles. The molecule has 21 heavy (non-hydrogen) atoms. The molecule has 2 aromatic rings. The second-order valence-electron chi connectivity index (χ2n) is 4.37. The lowest BCUT2D eigenvalue weighted by molar-refractivity contribution is 0.0693. The van der Waals surface area contributed by atoms with Crippen LogP contribution in [0.15, 0.2) is 42.5 Å². The van der Waals surface area contributed by atoms with Crippen molar-refractivity contribution in [2.75, 3.05) is 6.61 Å². The molecule has 0 saturated carbocycles. The quantitative estimate of drug-likeness (QED) is 0.870. The summed E-state index contributed by atoms with van der Waals surface area (Å²) >= 11 is 0. The minimum absolute atomic E-state index is 0.0890. The number of carboxylic acid groups (broad SMARTS) is 1. The van der Waals surface area contributed by atoms with E-state index in [9.17, 15) is 9.18 Å². The summed E-state index contributed by atoms with van der Waals surface area (Å²) in [5, 5.41) is 9.04. The molecule has 0 aromatic heterocycles. The lowest BCUT2D eigenvalue weighted by atomic mass is 10.2. The molecule has 0 spiro atoms. The van der Waals surface area contributed by atoms with Crippen LogP contribution in [0.5, 0.6) is 17.2 Å². The van der Waals surface area contributed by atoms with Gasteiger partial charge in [0.05, 0.1) is 6.61 Å². The zero-order chi connectivity index (χ0) is 15.2. The molecule has 4 nitrogen and oxygen atoms in total. The Morgan fingerprint density at radius 2 is 1.81 bits per heavy atom. The van der Waals surface area contributed by atoms with Gasteiger partial charge in [0.15, 0.2) is 0 Å². The molecule has 0 bridgehead atoms. The number of rotatable bonds is 6. The maximum atomic E-state index is 13.1. The molecule has 2 rings (SSSR count). The van der Waals surface area contributed by atoms with Crippen LogP contribution in [-0.4, -0.2) is 17.7 Å². The molecule has 0 unspecified atom stereocenters. The molecule has 1 N–H and O–H groups in total. The van der Waals surface area contributed by atoms with E-state index in [2.05, 4.69) is 0 Å². The zero-order valence-corrected chi connectivity index (χ0v) is 11.5. The highest BCUT2D eigenvalue weighted by Crippen LogP contribution is 2.27. The lowest BCUT2D eigenvalue weighted by Gasteiger charge is -2.10. The zero-order valence-electron chi connectivity index (χ0n) is 11.5. The lowest BCUT2D eigenvalue weighted by Crippen LogP contribution is -2.01. The minimum atomic E-state index is -1.24. The third-order valence-corrected chi connectivity index (χ3v) is 2.70. The number of carboxylic acids is 1. The molecule has 0 heterocycles. The van der Waals surface area contributed by atoms with Gasteiger partial charge in [-0.2, -0.15) is 0 Å². The van der Waals surface area contributed by atoms with Crippen LogP contribution in [-0.2, 0) is 0 Å². The van der Waals surface area contributed by atoms with Crippen LogP contribution in [0.2, 0.25) is 0 Å². The molecule has 0 radical (unpaired) electrons. The van der Waals surface area contributed by atoms with Gasteiger partial charge in [-0.25, -0.2) is 9.18 Å². The van der Waals surface area contributed by atoms with Crippen molar-refractivity contribution < 1.29 is 23.8 Å². The van der Waals surface area contributed by atoms with Gasteiger partial charge in [0.25, 0.3) is 0 Å². The highest BCUT2D eigenvalue weighted by molar-refractivity contribution is 5.91. The molecule has 2 aromatic carbocycles. The Hall–Kier alpha value is -2.56. The highest BCUT2D eigenvalue weighted by Gasteiger charge is 2.13. The van der Waals surface area contributed by atoms with Crippen LogP contribution in [0.1, 0.15) is 23.7 Å². The van der Waals surface area contributed by atoms with Gasteiger partial charge in [-0.05, 0) is 48.9 Å². The standard InChI is InChI=1S/C16H15FO4/c1-2-9-20-12-4-6-13(7-5-12)21-15-8-3-11(17)10-14(15)16(18)19/h3-8,10H,2,9H2,1H3,(H,18,19). The highest BCUT2D eigenvalue weighted by atomic mass is 19.1. The SMILES string of the molecule is CCCOc1ccc(Oc2ccc(F)cc2C(=O)O)cc1. The first-order valence-electron chi connectivity index (χ1n) is 6.53. The van der Waals surface area contributed by atoms with Crippen molar-refractivity contribution in [3.05, 3.63) is 53.8 Å².